The van der Waals surface area contributed by atoms with Gasteiger partial charge in [0, 0.05) is 14.0 Å². The van der Waals surface area contributed by atoms with Crippen molar-refractivity contribution in [1.82, 2.24) is 9.80 Å². The van der Waals surface area contributed by atoms with Crippen LogP contribution in [-0.4, -0.2) is 52.4 Å². The van der Waals surface area contributed by atoms with Crippen molar-refractivity contribution in [3.8, 4) is 0 Å². The zero-order valence-corrected chi connectivity index (χ0v) is 7.35. The highest BCUT2D eigenvalue weighted by Crippen LogP contribution is 2.14. The van der Waals surface area contributed by atoms with Crippen LogP contribution in [0.3, 0.4) is 0 Å². The third kappa shape index (κ3) is 1.47. The molecule has 1 N–H and O–H groups in total. The van der Waals surface area contributed by atoms with Gasteiger partial charge < -0.3 is 10.0 Å². The average Bonchev–Trinajstić information content (AvgIpc) is 2.28. The second-order valence-electron chi connectivity index (χ2n) is 2.91. The number of carboxylic acid groups (broad SMARTS) is 1. The molecule has 1 aliphatic rings. The molecule has 1 atom stereocenters. The number of urea groups is 1. The van der Waals surface area contributed by atoms with Crippen LogP contribution < -0.4 is 0 Å². The summed E-state index contributed by atoms with van der Waals surface area (Å²) in [5.74, 6) is -1.70. The smallest absolute Gasteiger partial charge is 0.328 e. The monoisotopic (exact) mass is 186 g/mol. The fourth-order valence-corrected chi connectivity index (χ4v) is 1.28. The van der Waals surface area contributed by atoms with Gasteiger partial charge in [0.2, 0.25) is 5.91 Å². The lowest BCUT2D eigenvalue weighted by atomic mass is 10.3. The number of aliphatic carboxylic acids is 1. The molecule has 0 unspecified atom stereocenters. The van der Waals surface area contributed by atoms with Gasteiger partial charge in [-0.3, -0.25) is 4.79 Å². The Kier molecular flexibility index (Phi) is 2.22. The van der Waals surface area contributed by atoms with Crippen LogP contribution in [0.5, 0.6) is 0 Å². The first-order valence-corrected chi connectivity index (χ1v) is 3.73. The molecule has 0 radical (unpaired) electrons. The molecule has 72 valence electrons. The molecule has 3 amide bonds. The molecule has 1 rings (SSSR count). The normalized spacial score (nSPS) is 22.3. The Bertz CT molecular complexity index is 276. The Hall–Kier alpha value is -1.59. The van der Waals surface area contributed by atoms with Gasteiger partial charge >= 0.3 is 12.0 Å². The van der Waals surface area contributed by atoms with Crippen LogP contribution >= 0.6 is 0 Å². The van der Waals surface area contributed by atoms with Crippen LogP contribution in [0.2, 0.25) is 0 Å². The number of carboxylic acids is 1. The second kappa shape index (κ2) is 3.04. The van der Waals surface area contributed by atoms with Crippen LogP contribution in [0, 0.1) is 0 Å². The minimum atomic E-state index is -1.16. The molecule has 1 aliphatic heterocycles. The molecular formula is C7H10N2O4. The number of hydrogen-bond acceptors (Lipinski definition) is 3. The number of imide groups is 1. The summed E-state index contributed by atoms with van der Waals surface area (Å²) in [6.07, 6.45) is 0. The van der Waals surface area contributed by atoms with Gasteiger partial charge in [-0.15, -0.1) is 0 Å². The van der Waals surface area contributed by atoms with Gasteiger partial charge in [-0.1, -0.05) is 0 Å². The maximum absolute atomic E-state index is 11.2. The number of carbonyl (C=O) groups is 3. The molecule has 1 fully saturated rings. The standard InChI is InChI=1S/C7H10N2O4/c1-4(10)9-5(6(11)12)3-8(2)7(9)13/h5H,3H2,1-2H3,(H,11,12)/t5-/m0/s1. The number of hydrogen-bond donors (Lipinski definition) is 1. The molecule has 6 heteroatoms. The Morgan fingerprint density at radius 1 is 1.54 bits per heavy atom. The summed E-state index contributed by atoms with van der Waals surface area (Å²) in [4.78, 5) is 34.8. The van der Waals surface area contributed by atoms with Gasteiger partial charge in [0.15, 0.2) is 6.04 Å². The molecule has 1 heterocycles. The molecule has 6 nitrogen and oxygen atoms in total. The van der Waals surface area contributed by atoms with E-state index in [0.717, 1.165) is 4.90 Å². The molecule has 0 aliphatic carbocycles. The Morgan fingerprint density at radius 2 is 2.08 bits per heavy atom. The number of amides is 3. The fourth-order valence-electron chi connectivity index (χ4n) is 1.28. The predicted molar refractivity (Wildman–Crippen MR) is 42.0 cm³/mol. The zero-order chi connectivity index (χ0) is 10.2. The maximum atomic E-state index is 11.2. The highest BCUT2D eigenvalue weighted by atomic mass is 16.4. The first-order chi connectivity index (χ1) is 5.95. The van der Waals surface area contributed by atoms with E-state index in [9.17, 15) is 14.4 Å². The summed E-state index contributed by atoms with van der Waals surface area (Å²) >= 11 is 0. The van der Waals surface area contributed by atoms with Gasteiger partial charge in [0.25, 0.3) is 0 Å². The van der Waals surface area contributed by atoms with Gasteiger partial charge in [-0.2, -0.15) is 0 Å². The average molecular weight is 186 g/mol. The lowest BCUT2D eigenvalue weighted by Crippen LogP contribution is -2.42. The predicted octanol–water partition coefficient (Wildman–Crippen LogP) is -0.646. The van der Waals surface area contributed by atoms with E-state index in [-0.39, 0.29) is 6.54 Å². The Labute approximate surface area is 74.7 Å². The molecular weight excluding hydrogens is 176 g/mol. The highest BCUT2D eigenvalue weighted by Gasteiger charge is 2.42. The van der Waals surface area contributed by atoms with Crippen molar-refractivity contribution in [2.45, 2.75) is 13.0 Å². The van der Waals surface area contributed by atoms with Crippen molar-refractivity contribution >= 4 is 17.9 Å². The van der Waals surface area contributed by atoms with E-state index in [0.29, 0.717) is 0 Å². The molecule has 0 bridgehead atoms. The van der Waals surface area contributed by atoms with E-state index >= 15 is 0 Å². The molecule has 0 aromatic carbocycles. The van der Waals surface area contributed by atoms with Gasteiger partial charge in [0.1, 0.15) is 0 Å². The lowest BCUT2D eigenvalue weighted by Gasteiger charge is -2.15. The topological polar surface area (TPSA) is 77.9 Å². The first kappa shape index (κ1) is 9.50. The van der Waals surface area contributed by atoms with Crippen molar-refractivity contribution in [3.05, 3.63) is 0 Å². The summed E-state index contributed by atoms with van der Waals surface area (Å²) in [6, 6.07) is -1.60. The van der Waals surface area contributed by atoms with E-state index in [2.05, 4.69) is 0 Å². The van der Waals surface area contributed by atoms with Crippen molar-refractivity contribution in [3.63, 3.8) is 0 Å². The number of rotatable bonds is 1. The molecule has 13 heavy (non-hydrogen) atoms. The molecule has 0 aromatic rings. The summed E-state index contributed by atoms with van der Waals surface area (Å²) < 4.78 is 0. The van der Waals surface area contributed by atoms with E-state index in [4.69, 9.17) is 5.11 Å². The van der Waals surface area contributed by atoms with Crippen LogP contribution in [0.25, 0.3) is 0 Å². The largest absolute Gasteiger partial charge is 0.480 e. The zero-order valence-electron chi connectivity index (χ0n) is 7.35. The third-order valence-corrected chi connectivity index (χ3v) is 1.92. The SMILES string of the molecule is CC(=O)N1C(=O)N(C)C[C@H]1C(=O)O. The van der Waals surface area contributed by atoms with Crippen LogP contribution in [0.4, 0.5) is 4.79 Å². The highest BCUT2D eigenvalue weighted by molar-refractivity contribution is 5.99. The van der Waals surface area contributed by atoms with E-state index in [1.54, 1.807) is 0 Å². The lowest BCUT2D eigenvalue weighted by molar-refractivity contribution is -0.145. The summed E-state index contributed by atoms with van der Waals surface area (Å²) in [5, 5.41) is 8.70. The van der Waals surface area contributed by atoms with Gasteiger partial charge in [-0.25, -0.2) is 14.5 Å². The minimum Gasteiger partial charge on any atom is -0.480 e. The first-order valence-electron chi connectivity index (χ1n) is 3.73. The van der Waals surface area contributed by atoms with E-state index < -0.39 is 23.9 Å². The van der Waals surface area contributed by atoms with Crippen molar-refractivity contribution in [2.24, 2.45) is 0 Å². The van der Waals surface area contributed by atoms with Crippen molar-refractivity contribution < 1.29 is 19.5 Å². The fraction of sp³-hybridized carbons (Fsp3) is 0.571. The quantitative estimate of drug-likeness (QED) is 0.590. The molecule has 0 spiro atoms. The van der Waals surface area contributed by atoms with Gasteiger partial charge in [0.05, 0.1) is 6.54 Å². The van der Waals surface area contributed by atoms with E-state index in [1.807, 2.05) is 0 Å². The Morgan fingerprint density at radius 3 is 2.38 bits per heavy atom. The summed E-state index contributed by atoms with van der Waals surface area (Å²) in [5.41, 5.74) is 0. The molecule has 0 aromatic heterocycles. The van der Waals surface area contributed by atoms with Crippen molar-refractivity contribution in [1.29, 1.82) is 0 Å². The van der Waals surface area contributed by atoms with Crippen molar-refractivity contribution in [2.75, 3.05) is 13.6 Å². The second-order valence-corrected chi connectivity index (χ2v) is 2.91. The summed E-state index contributed by atoms with van der Waals surface area (Å²) in [6.45, 7) is 1.22. The Balaban J connectivity index is 2.93. The van der Waals surface area contributed by atoms with Crippen LogP contribution in [-0.2, 0) is 9.59 Å². The maximum Gasteiger partial charge on any atom is 0.328 e. The number of nitrogens with zero attached hydrogens (tertiary/aromatic N) is 2. The molecule has 0 saturated carbocycles. The van der Waals surface area contributed by atoms with Crippen LogP contribution in [0.1, 0.15) is 6.92 Å². The van der Waals surface area contributed by atoms with E-state index in [1.165, 1.54) is 18.9 Å². The van der Waals surface area contributed by atoms with Gasteiger partial charge in [-0.05, 0) is 0 Å². The molecule has 1 saturated heterocycles. The summed E-state index contributed by atoms with van der Waals surface area (Å²) in [7, 11) is 1.46. The minimum absolute atomic E-state index is 0.0494. The number of likely N-dealkylation sites (N-methyl/N-ethyl adjacent to an activating group) is 1. The number of carbonyl (C=O) groups excluding carboxylic acids is 2. The van der Waals surface area contributed by atoms with Crippen LogP contribution in [0.15, 0.2) is 0 Å². The third-order valence-electron chi connectivity index (χ3n) is 1.92.